The zero-order valence-corrected chi connectivity index (χ0v) is 20.5. The summed E-state index contributed by atoms with van der Waals surface area (Å²) in [5.41, 5.74) is 4.89. The maximum atomic E-state index is 12.7. The zero-order chi connectivity index (χ0) is 24.4. The van der Waals surface area contributed by atoms with E-state index in [4.69, 9.17) is 0 Å². The van der Waals surface area contributed by atoms with Gasteiger partial charge >= 0.3 is 0 Å². The van der Waals surface area contributed by atoms with Gasteiger partial charge in [-0.05, 0) is 72.5 Å². The molecule has 35 heavy (non-hydrogen) atoms. The molecule has 2 aliphatic heterocycles. The number of benzene rings is 3. The quantitative estimate of drug-likeness (QED) is 0.579. The molecule has 2 aliphatic rings. The van der Waals surface area contributed by atoms with Crippen molar-refractivity contribution < 1.29 is 13.2 Å². The number of carbonyl (C=O) groups is 1. The Morgan fingerprint density at radius 2 is 1.60 bits per heavy atom. The highest BCUT2D eigenvalue weighted by molar-refractivity contribution is 7.90. The van der Waals surface area contributed by atoms with Gasteiger partial charge in [-0.3, -0.25) is 4.79 Å². The number of nitrogens with zero attached hydrogens (tertiary/aromatic N) is 3. The van der Waals surface area contributed by atoms with E-state index in [1.165, 1.54) is 23.3 Å². The predicted molar refractivity (Wildman–Crippen MR) is 139 cm³/mol. The Morgan fingerprint density at radius 1 is 0.886 bits per heavy atom. The van der Waals surface area contributed by atoms with Crippen molar-refractivity contribution in [1.82, 2.24) is 4.90 Å². The number of amides is 1. The van der Waals surface area contributed by atoms with Crippen molar-refractivity contribution in [3.8, 4) is 0 Å². The first-order valence-corrected chi connectivity index (χ1v) is 13.2. The molecule has 180 valence electrons. The molecule has 0 aromatic heterocycles. The maximum Gasteiger partial charge on any atom is 0.283 e. The number of fused-ring (bicyclic) bond motifs is 1. The van der Waals surface area contributed by atoms with E-state index in [0.717, 1.165) is 38.2 Å². The summed E-state index contributed by atoms with van der Waals surface area (Å²) in [6.07, 6.45) is 2.57. The number of sulfonamides is 1. The van der Waals surface area contributed by atoms with Crippen molar-refractivity contribution >= 4 is 33.1 Å². The van der Waals surface area contributed by atoms with E-state index in [-0.39, 0.29) is 10.8 Å². The van der Waals surface area contributed by atoms with E-state index in [1.54, 1.807) is 12.1 Å². The highest BCUT2D eigenvalue weighted by Gasteiger charge is 2.20. The molecule has 0 aliphatic carbocycles. The molecular formula is C27H28N4O3S. The first kappa shape index (κ1) is 23.1. The Hall–Kier alpha value is -3.65. The van der Waals surface area contributed by atoms with Gasteiger partial charge in [0.2, 0.25) is 0 Å². The van der Waals surface area contributed by atoms with Crippen LogP contribution >= 0.6 is 0 Å². The summed E-state index contributed by atoms with van der Waals surface area (Å²) in [5.74, 6) is 0.337. The highest BCUT2D eigenvalue weighted by atomic mass is 32.2. The Morgan fingerprint density at radius 3 is 2.29 bits per heavy atom. The van der Waals surface area contributed by atoms with Crippen LogP contribution in [0.4, 0.5) is 11.4 Å². The van der Waals surface area contributed by atoms with Crippen LogP contribution in [0.2, 0.25) is 0 Å². The normalized spacial score (nSPS) is 16.9. The smallest absolute Gasteiger partial charge is 0.283 e. The largest absolute Gasteiger partial charge is 0.367 e. The number of anilines is 2. The molecule has 1 fully saturated rings. The average Bonchev–Trinajstić information content (AvgIpc) is 3.27. The number of rotatable bonds is 5. The van der Waals surface area contributed by atoms with Crippen molar-refractivity contribution in [3.05, 3.63) is 89.5 Å². The van der Waals surface area contributed by atoms with Crippen LogP contribution in [0.25, 0.3) is 0 Å². The summed E-state index contributed by atoms with van der Waals surface area (Å²) in [4.78, 5) is 17.0. The summed E-state index contributed by atoms with van der Waals surface area (Å²) >= 11 is 0. The monoisotopic (exact) mass is 488 g/mol. The fourth-order valence-electron chi connectivity index (χ4n) is 4.55. The zero-order valence-electron chi connectivity index (χ0n) is 19.6. The molecule has 3 aromatic carbocycles. The molecule has 2 heterocycles. The van der Waals surface area contributed by atoms with Gasteiger partial charge in [0.25, 0.3) is 15.9 Å². The third kappa shape index (κ3) is 5.07. The Labute approximate surface area is 206 Å². The molecule has 0 saturated carbocycles. The molecule has 1 saturated heterocycles. The highest BCUT2D eigenvalue weighted by Crippen LogP contribution is 2.25. The molecule has 0 spiro atoms. The molecule has 1 amide bonds. The predicted octanol–water partition coefficient (Wildman–Crippen LogP) is 4.31. The lowest BCUT2D eigenvalue weighted by molar-refractivity contribution is 0.102. The number of nitrogens with one attached hydrogen (secondary N) is 1. The molecule has 0 radical (unpaired) electrons. The first-order chi connectivity index (χ1) is 16.9. The van der Waals surface area contributed by atoms with Crippen LogP contribution in [0.15, 0.2) is 82.1 Å². The van der Waals surface area contributed by atoms with Gasteiger partial charge in [-0.25, -0.2) is 0 Å². The summed E-state index contributed by atoms with van der Waals surface area (Å²) in [6.45, 7) is 2.62. The van der Waals surface area contributed by atoms with Crippen molar-refractivity contribution in [1.29, 1.82) is 0 Å². The van der Waals surface area contributed by atoms with E-state index in [2.05, 4.69) is 38.9 Å². The Bertz CT molecular complexity index is 1370. The number of hydrogen-bond acceptors (Lipinski definition) is 4. The van der Waals surface area contributed by atoms with Gasteiger partial charge in [0.1, 0.15) is 5.84 Å². The minimum atomic E-state index is -3.78. The molecule has 5 rings (SSSR count). The number of carbonyl (C=O) groups excluding carboxylic acids is 1. The molecule has 8 heteroatoms. The van der Waals surface area contributed by atoms with Crippen LogP contribution in [0, 0.1) is 0 Å². The van der Waals surface area contributed by atoms with Gasteiger partial charge in [-0.15, -0.1) is 4.40 Å². The van der Waals surface area contributed by atoms with Crippen molar-refractivity contribution in [2.45, 2.75) is 30.7 Å². The summed E-state index contributed by atoms with van der Waals surface area (Å²) < 4.78 is 29.2. The van der Waals surface area contributed by atoms with Crippen LogP contribution in [0.1, 0.15) is 34.3 Å². The summed E-state index contributed by atoms with van der Waals surface area (Å²) in [5, 5.41) is 2.84. The molecule has 1 N–H and O–H groups in total. The standard InChI is InChI=1S/C27H28N4O3S/c1-30-17-4-7-26(30)29-35(33,34)25-14-10-23(11-15-25)28-27(32)21-8-12-24(13-9-21)31-18-16-20-5-2-3-6-22(20)19-31/h2-3,5-6,8-15H,4,7,16-19H2,1H3,(H,28,32)/b29-26+. The van der Waals surface area contributed by atoms with E-state index >= 15 is 0 Å². The lowest BCUT2D eigenvalue weighted by atomic mass is 9.99. The number of hydrogen-bond donors (Lipinski definition) is 1. The van der Waals surface area contributed by atoms with Crippen LogP contribution in [-0.4, -0.2) is 45.2 Å². The second-order valence-electron chi connectivity index (χ2n) is 8.97. The SMILES string of the molecule is CN1CCC/C1=N\S(=O)(=O)c1ccc(NC(=O)c2ccc(N3CCc4ccccc4C3)cc2)cc1. The number of likely N-dealkylation sites (tertiary alicyclic amines) is 1. The maximum absolute atomic E-state index is 12.7. The van der Waals surface area contributed by atoms with Gasteiger partial charge < -0.3 is 15.1 Å². The van der Waals surface area contributed by atoms with Gasteiger partial charge in [0, 0.05) is 50.0 Å². The Balaban J connectivity index is 1.23. The third-order valence-electron chi connectivity index (χ3n) is 6.60. The van der Waals surface area contributed by atoms with E-state index in [0.29, 0.717) is 23.5 Å². The van der Waals surface area contributed by atoms with Gasteiger partial charge in [-0.1, -0.05) is 24.3 Å². The van der Waals surface area contributed by atoms with E-state index in [1.807, 2.05) is 36.2 Å². The minimum absolute atomic E-state index is 0.107. The second-order valence-corrected chi connectivity index (χ2v) is 10.6. The van der Waals surface area contributed by atoms with Crippen LogP contribution in [0.3, 0.4) is 0 Å². The van der Waals surface area contributed by atoms with E-state index in [9.17, 15) is 13.2 Å². The summed E-state index contributed by atoms with van der Waals surface area (Å²) in [7, 11) is -1.93. The van der Waals surface area contributed by atoms with Gasteiger partial charge in [0.15, 0.2) is 0 Å². The average molecular weight is 489 g/mol. The van der Waals surface area contributed by atoms with Crippen LogP contribution in [-0.2, 0) is 23.0 Å². The molecule has 0 atom stereocenters. The second kappa shape index (κ2) is 9.54. The number of amidine groups is 1. The molecule has 0 unspecified atom stereocenters. The van der Waals surface area contributed by atoms with Gasteiger partial charge in [-0.2, -0.15) is 8.42 Å². The third-order valence-corrected chi connectivity index (χ3v) is 7.91. The Kier molecular flexibility index (Phi) is 6.30. The van der Waals surface area contributed by atoms with Crippen LogP contribution in [0.5, 0.6) is 0 Å². The first-order valence-electron chi connectivity index (χ1n) is 11.8. The molecule has 3 aromatic rings. The fraction of sp³-hybridized carbons (Fsp3) is 0.259. The molecule has 7 nitrogen and oxygen atoms in total. The topological polar surface area (TPSA) is 82.1 Å². The van der Waals surface area contributed by atoms with Crippen molar-refractivity contribution in [3.63, 3.8) is 0 Å². The van der Waals surface area contributed by atoms with Gasteiger partial charge in [0.05, 0.1) is 4.90 Å². The lowest BCUT2D eigenvalue weighted by Gasteiger charge is -2.30. The van der Waals surface area contributed by atoms with Crippen molar-refractivity contribution in [2.75, 3.05) is 30.4 Å². The minimum Gasteiger partial charge on any atom is -0.367 e. The molecule has 0 bridgehead atoms. The lowest BCUT2D eigenvalue weighted by Crippen LogP contribution is -2.30. The van der Waals surface area contributed by atoms with Crippen LogP contribution < -0.4 is 10.2 Å². The van der Waals surface area contributed by atoms with Crippen molar-refractivity contribution in [2.24, 2.45) is 4.40 Å². The van der Waals surface area contributed by atoms with E-state index < -0.39 is 10.0 Å². The summed E-state index contributed by atoms with van der Waals surface area (Å²) in [6, 6.07) is 22.2. The fourth-order valence-corrected chi connectivity index (χ4v) is 5.65. The molecular weight excluding hydrogens is 460 g/mol.